The summed E-state index contributed by atoms with van der Waals surface area (Å²) in [5.74, 6) is 0.747. The number of carbonyl (C=O) groups excluding carboxylic acids is 1. The van der Waals surface area contributed by atoms with Crippen LogP contribution in [0.15, 0.2) is 12.3 Å². The first-order chi connectivity index (χ1) is 10.1. The number of hydrogen-bond donors (Lipinski definition) is 0. The van der Waals surface area contributed by atoms with Gasteiger partial charge < -0.3 is 4.90 Å². The smallest absolute Gasteiger partial charge is 0.163 e. The standard InChI is InChI=1S/C16H22N4O/c1-19(2)8-4-5-15(21)12-9-14(11-6-7-11)18-16-13(12)10-17-20(16)3/h9-11H,4-8H2,1-3H3. The van der Waals surface area contributed by atoms with Crippen molar-refractivity contribution in [2.24, 2.45) is 7.05 Å². The van der Waals surface area contributed by atoms with Gasteiger partial charge in [-0.1, -0.05) is 0 Å². The number of Topliss-reactive ketones (excluding diaryl/α,β-unsaturated/α-hetero) is 1. The lowest BCUT2D eigenvalue weighted by molar-refractivity contribution is 0.0979. The van der Waals surface area contributed by atoms with E-state index in [-0.39, 0.29) is 5.78 Å². The van der Waals surface area contributed by atoms with Crippen LogP contribution in [0, 0.1) is 0 Å². The fourth-order valence-corrected chi connectivity index (χ4v) is 2.64. The summed E-state index contributed by atoms with van der Waals surface area (Å²) in [4.78, 5) is 19.4. The molecule has 0 radical (unpaired) electrons. The highest BCUT2D eigenvalue weighted by Gasteiger charge is 2.27. The van der Waals surface area contributed by atoms with Gasteiger partial charge in [0.05, 0.1) is 6.20 Å². The molecule has 0 unspecified atom stereocenters. The number of pyridine rings is 1. The summed E-state index contributed by atoms with van der Waals surface area (Å²) < 4.78 is 1.76. The highest BCUT2D eigenvalue weighted by Crippen LogP contribution is 2.40. The summed E-state index contributed by atoms with van der Waals surface area (Å²) in [5.41, 5.74) is 2.69. The van der Waals surface area contributed by atoms with Crippen LogP contribution in [0.25, 0.3) is 11.0 Å². The van der Waals surface area contributed by atoms with Crippen molar-refractivity contribution in [3.05, 3.63) is 23.5 Å². The molecule has 2 aromatic rings. The van der Waals surface area contributed by atoms with E-state index in [1.807, 2.05) is 27.2 Å². The van der Waals surface area contributed by atoms with E-state index in [1.165, 1.54) is 12.8 Å². The zero-order chi connectivity index (χ0) is 15.0. The average molecular weight is 286 g/mol. The van der Waals surface area contributed by atoms with Gasteiger partial charge in [-0.15, -0.1) is 0 Å². The molecule has 0 aromatic carbocycles. The molecule has 0 saturated heterocycles. The SMILES string of the molecule is CN(C)CCCC(=O)c1cc(C2CC2)nc2c1cnn2C. The fourth-order valence-electron chi connectivity index (χ4n) is 2.64. The molecule has 1 fully saturated rings. The second-order valence-electron chi connectivity index (χ2n) is 6.20. The van der Waals surface area contributed by atoms with Gasteiger partial charge in [0, 0.05) is 36.0 Å². The zero-order valence-electron chi connectivity index (χ0n) is 13.0. The van der Waals surface area contributed by atoms with Crippen LogP contribution in [0.1, 0.15) is 47.7 Å². The molecule has 1 aliphatic carbocycles. The molecular formula is C16H22N4O. The number of aryl methyl sites for hydroxylation is 1. The molecule has 5 heteroatoms. The van der Waals surface area contributed by atoms with Crippen LogP contribution >= 0.6 is 0 Å². The summed E-state index contributed by atoms with van der Waals surface area (Å²) in [5, 5.41) is 5.15. The maximum absolute atomic E-state index is 12.6. The Bertz CT molecular complexity index is 670. The summed E-state index contributed by atoms with van der Waals surface area (Å²) in [7, 11) is 5.94. The molecule has 3 rings (SSSR count). The molecule has 112 valence electrons. The van der Waals surface area contributed by atoms with E-state index in [0.29, 0.717) is 12.3 Å². The molecule has 0 atom stereocenters. The third-order valence-electron chi connectivity index (χ3n) is 4.03. The summed E-state index contributed by atoms with van der Waals surface area (Å²) in [6, 6.07) is 2.00. The van der Waals surface area contributed by atoms with Crippen molar-refractivity contribution in [3.63, 3.8) is 0 Å². The molecule has 0 aliphatic heterocycles. The average Bonchev–Trinajstić information content (AvgIpc) is 3.22. The first kappa shape index (κ1) is 14.2. The predicted octanol–water partition coefficient (Wildman–Crippen LogP) is 2.37. The van der Waals surface area contributed by atoms with Gasteiger partial charge in [0.1, 0.15) is 0 Å². The Morgan fingerprint density at radius 3 is 2.86 bits per heavy atom. The molecular weight excluding hydrogens is 264 g/mol. The van der Waals surface area contributed by atoms with Crippen LogP contribution in [0.3, 0.4) is 0 Å². The molecule has 2 heterocycles. The number of nitrogens with zero attached hydrogens (tertiary/aromatic N) is 4. The summed E-state index contributed by atoms with van der Waals surface area (Å²) in [6.45, 7) is 0.933. The minimum Gasteiger partial charge on any atom is -0.309 e. The molecule has 0 N–H and O–H groups in total. The van der Waals surface area contributed by atoms with Crippen molar-refractivity contribution in [2.45, 2.75) is 31.6 Å². The fraction of sp³-hybridized carbons (Fsp3) is 0.562. The molecule has 0 bridgehead atoms. The van der Waals surface area contributed by atoms with Crippen LogP contribution in [0.4, 0.5) is 0 Å². The Morgan fingerprint density at radius 2 is 2.19 bits per heavy atom. The Morgan fingerprint density at radius 1 is 1.43 bits per heavy atom. The lowest BCUT2D eigenvalue weighted by Crippen LogP contribution is -2.14. The monoisotopic (exact) mass is 286 g/mol. The lowest BCUT2D eigenvalue weighted by atomic mass is 10.0. The van der Waals surface area contributed by atoms with E-state index in [9.17, 15) is 4.79 Å². The van der Waals surface area contributed by atoms with Gasteiger partial charge in [-0.3, -0.25) is 9.48 Å². The van der Waals surface area contributed by atoms with E-state index in [4.69, 9.17) is 0 Å². The molecule has 5 nitrogen and oxygen atoms in total. The maximum atomic E-state index is 12.6. The van der Waals surface area contributed by atoms with Gasteiger partial charge in [0.15, 0.2) is 11.4 Å². The van der Waals surface area contributed by atoms with Gasteiger partial charge in [0.25, 0.3) is 0 Å². The second-order valence-corrected chi connectivity index (χ2v) is 6.20. The van der Waals surface area contributed by atoms with Crippen molar-refractivity contribution >= 4 is 16.8 Å². The molecule has 21 heavy (non-hydrogen) atoms. The normalized spacial score (nSPS) is 15.0. The maximum Gasteiger partial charge on any atom is 0.163 e. The Kier molecular flexibility index (Phi) is 3.76. The molecule has 2 aromatic heterocycles. The van der Waals surface area contributed by atoms with E-state index in [1.54, 1.807) is 10.9 Å². The van der Waals surface area contributed by atoms with Crippen LogP contribution in [0.2, 0.25) is 0 Å². The first-order valence-electron chi connectivity index (χ1n) is 7.57. The topological polar surface area (TPSA) is 51.0 Å². The number of fused-ring (bicyclic) bond motifs is 1. The van der Waals surface area contributed by atoms with E-state index in [0.717, 1.165) is 35.3 Å². The van der Waals surface area contributed by atoms with Crippen LogP contribution in [0.5, 0.6) is 0 Å². The van der Waals surface area contributed by atoms with Crippen molar-refractivity contribution in [2.75, 3.05) is 20.6 Å². The Balaban J connectivity index is 1.90. The number of rotatable bonds is 6. The Hall–Kier alpha value is -1.75. The number of carbonyl (C=O) groups is 1. The summed E-state index contributed by atoms with van der Waals surface area (Å²) >= 11 is 0. The zero-order valence-corrected chi connectivity index (χ0v) is 13.0. The number of aromatic nitrogens is 3. The minimum atomic E-state index is 0.208. The minimum absolute atomic E-state index is 0.208. The highest BCUT2D eigenvalue weighted by molar-refractivity contribution is 6.06. The molecule has 1 saturated carbocycles. The molecule has 1 aliphatic rings. The van der Waals surface area contributed by atoms with Gasteiger partial charge >= 0.3 is 0 Å². The van der Waals surface area contributed by atoms with E-state index >= 15 is 0 Å². The number of ketones is 1. The van der Waals surface area contributed by atoms with Crippen LogP contribution in [-0.2, 0) is 7.05 Å². The second kappa shape index (κ2) is 5.56. The van der Waals surface area contributed by atoms with Crippen LogP contribution in [-0.4, -0.2) is 46.1 Å². The van der Waals surface area contributed by atoms with E-state index in [2.05, 4.69) is 15.0 Å². The number of hydrogen-bond acceptors (Lipinski definition) is 4. The molecule has 0 amide bonds. The third kappa shape index (κ3) is 2.97. The predicted molar refractivity (Wildman–Crippen MR) is 82.6 cm³/mol. The molecule has 0 spiro atoms. The van der Waals surface area contributed by atoms with Gasteiger partial charge in [-0.25, -0.2) is 4.98 Å². The van der Waals surface area contributed by atoms with Crippen molar-refractivity contribution in [1.29, 1.82) is 0 Å². The van der Waals surface area contributed by atoms with Gasteiger partial charge in [-0.05, 0) is 46.0 Å². The van der Waals surface area contributed by atoms with Gasteiger partial charge in [-0.2, -0.15) is 5.10 Å². The van der Waals surface area contributed by atoms with Crippen molar-refractivity contribution in [3.8, 4) is 0 Å². The third-order valence-corrected chi connectivity index (χ3v) is 4.03. The first-order valence-corrected chi connectivity index (χ1v) is 7.57. The highest BCUT2D eigenvalue weighted by atomic mass is 16.1. The Labute approximate surface area is 125 Å². The van der Waals surface area contributed by atoms with Crippen molar-refractivity contribution < 1.29 is 4.79 Å². The van der Waals surface area contributed by atoms with Crippen LogP contribution < -0.4 is 0 Å². The van der Waals surface area contributed by atoms with Gasteiger partial charge in [0.2, 0.25) is 0 Å². The quantitative estimate of drug-likeness (QED) is 0.765. The largest absolute Gasteiger partial charge is 0.309 e. The lowest BCUT2D eigenvalue weighted by Gasteiger charge is -2.09. The van der Waals surface area contributed by atoms with E-state index < -0.39 is 0 Å². The summed E-state index contributed by atoms with van der Waals surface area (Å²) in [6.07, 6.45) is 5.60. The van der Waals surface area contributed by atoms with Crippen molar-refractivity contribution in [1.82, 2.24) is 19.7 Å².